The molecule has 2 aliphatic heterocycles. The molecule has 2 aromatic rings. The van der Waals surface area contributed by atoms with Gasteiger partial charge in [-0.05, 0) is 68.9 Å². The van der Waals surface area contributed by atoms with Crippen molar-refractivity contribution in [2.24, 2.45) is 0 Å². The first-order valence-electron chi connectivity index (χ1n) is 15.8. The second kappa shape index (κ2) is 13.0. The Morgan fingerprint density at radius 3 is 2.23 bits per heavy atom. The summed E-state index contributed by atoms with van der Waals surface area (Å²) in [6.07, 6.45) is 7.54. The van der Waals surface area contributed by atoms with E-state index in [0.717, 1.165) is 43.2 Å². The number of carbonyl (C=O) groups excluding carboxylic acids is 2. The molecule has 0 bridgehead atoms. The summed E-state index contributed by atoms with van der Waals surface area (Å²) in [4.78, 5) is 31.9. The molecule has 2 amide bonds. The van der Waals surface area contributed by atoms with Crippen LogP contribution in [0.15, 0.2) is 53.4 Å². The molecule has 9 nitrogen and oxygen atoms in total. The summed E-state index contributed by atoms with van der Waals surface area (Å²) in [5.41, 5.74) is 0.800. The molecular weight excluding hydrogens is 564 g/mol. The number of nitrogens with zero attached hydrogens (tertiary/aromatic N) is 2. The normalized spacial score (nSPS) is 22.4. The van der Waals surface area contributed by atoms with Crippen LogP contribution < -0.4 is 10.0 Å². The molecule has 0 aromatic heterocycles. The molecule has 3 N–H and O–H groups in total. The Morgan fingerprint density at radius 2 is 1.60 bits per heavy atom. The standard InChI is InChI=1S/C33H46N4O5S/c1-3-4-20-37-30(38)29(23-32(40)16-6-5-7-17-32)34-31(39)33(37)18-21-36(22-19-33)24-26-10-12-27(13-11-26)35-43(41,42)28-14-8-25(2)9-15-28/h8-15,29,35,40H,3-7,16-24H2,1-2H3,(H,34,39)/t29-/m1/s1. The van der Waals surface area contributed by atoms with Gasteiger partial charge in [0.05, 0.1) is 10.5 Å². The maximum Gasteiger partial charge on any atom is 0.261 e. The Balaban J connectivity index is 1.21. The second-order valence-electron chi connectivity index (χ2n) is 12.8. The third-order valence-corrected chi connectivity index (χ3v) is 10.9. The molecule has 1 aliphatic carbocycles. The van der Waals surface area contributed by atoms with E-state index in [1.54, 1.807) is 36.4 Å². The molecule has 1 spiro atoms. The van der Waals surface area contributed by atoms with E-state index in [-0.39, 0.29) is 16.7 Å². The zero-order chi connectivity index (χ0) is 30.7. The summed E-state index contributed by atoms with van der Waals surface area (Å²) in [5.74, 6) is -0.137. The molecule has 1 atom stereocenters. The van der Waals surface area contributed by atoms with E-state index in [1.807, 2.05) is 24.0 Å². The highest BCUT2D eigenvalue weighted by Gasteiger charge is 2.54. The van der Waals surface area contributed by atoms with Crippen LogP contribution in [0.3, 0.4) is 0 Å². The van der Waals surface area contributed by atoms with Crippen LogP contribution in [0.5, 0.6) is 0 Å². The van der Waals surface area contributed by atoms with Gasteiger partial charge in [0.1, 0.15) is 11.6 Å². The van der Waals surface area contributed by atoms with Gasteiger partial charge in [-0.1, -0.05) is 62.4 Å². The predicted octanol–water partition coefficient (Wildman–Crippen LogP) is 4.34. The highest BCUT2D eigenvalue weighted by Crippen LogP contribution is 2.37. The van der Waals surface area contributed by atoms with Crippen LogP contribution in [0.1, 0.15) is 82.3 Å². The maximum absolute atomic E-state index is 13.8. The number of benzene rings is 2. The van der Waals surface area contributed by atoms with E-state index in [1.165, 1.54) is 0 Å². The van der Waals surface area contributed by atoms with Gasteiger partial charge in [-0.15, -0.1) is 0 Å². The van der Waals surface area contributed by atoms with Crippen molar-refractivity contribution < 1.29 is 23.1 Å². The Bertz CT molecular complexity index is 1380. The lowest BCUT2D eigenvalue weighted by Crippen LogP contribution is -2.73. The Kier molecular flexibility index (Phi) is 9.49. The molecule has 2 heterocycles. The quantitative estimate of drug-likeness (QED) is 0.368. The van der Waals surface area contributed by atoms with Crippen molar-refractivity contribution in [3.63, 3.8) is 0 Å². The summed E-state index contributed by atoms with van der Waals surface area (Å²) in [6.45, 7) is 6.56. The number of piperidine rings is 1. The van der Waals surface area contributed by atoms with Crippen molar-refractivity contribution in [1.82, 2.24) is 15.1 Å². The van der Waals surface area contributed by atoms with Crippen LogP contribution in [0.2, 0.25) is 0 Å². The van der Waals surface area contributed by atoms with Crippen molar-refractivity contribution in [1.29, 1.82) is 0 Å². The third-order valence-electron chi connectivity index (χ3n) is 9.54. The molecule has 0 radical (unpaired) electrons. The van der Waals surface area contributed by atoms with E-state index in [2.05, 4.69) is 21.9 Å². The summed E-state index contributed by atoms with van der Waals surface area (Å²) in [7, 11) is -3.67. The largest absolute Gasteiger partial charge is 0.390 e. The van der Waals surface area contributed by atoms with Gasteiger partial charge < -0.3 is 15.3 Å². The zero-order valence-electron chi connectivity index (χ0n) is 25.5. The minimum Gasteiger partial charge on any atom is -0.390 e. The summed E-state index contributed by atoms with van der Waals surface area (Å²) in [6, 6.07) is 13.5. The number of unbranched alkanes of at least 4 members (excludes halogenated alkanes) is 1. The van der Waals surface area contributed by atoms with Crippen molar-refractivity contribution in [3.05, 3.63) is 59.7 Å². The van der Waals surface area contributed by atoms with Crippen LogP contribution in [-0.4, -0.2) is 72.0 Å². The second-order valence-corrected chi connectivity index (χ2v) is 14.5. The van der Waals surface area contributed by atoms with Crippen LogP contribution >= 0.6 is 0 Å². The minimum absolute atomic E-state index is 0.0517. The van der Waals surface area contributed by atoms with E-state index >= 15 is 0 Å². The SMILES string of the molecule is CCCCN1C(=O)[C@@H](CC2(O)CCCCC2)NC(=O)C12CCN(Cc1ccc(NS(=O)(=O)c3ccc(C)cc3)cc1)CC2. The molecule has 10 heteroatoms. The highest BCUT2D eigenvalue weighted by atomic mass is 32.2. The predicted molar refractivity (Wildman–Crippen MR) is 167 cm³/mol. The Hall–Kier alpha value is -2.95. The molecule has 1 saturated carbocycles. The van der Waals surface area contributed by atoms with Gasteiger partial charge in [0, 0.05) is 38.3 Å². The zero-order valence-corrected chi connectivity index (χ0v) is 26.3. The number of rotatable bonds is 10. The first kappa shape index (κ1) is 31.5. The maximum atomic E-state index is 13.8. The van der Waals surface area contributed by atoms with Crippen molar-refractivity contribution in [2.75, 3.05) is 24.4 Å². The van der Waals surface area contributed by atoms with Gasteiger partial charge in [-0.25, -0.2) is 8.42 Å². The van der Waals surface area contributed by atoms with E-state index < -0.39 is 27.2 Å². The average molecular weight is 611 g/mol. The minimum atomic E-state index is -3.67. The molecule has 234 valence electrons. The van der Waals surface area contributed by atoms with Crippen LogP contribution in [0.25, 0.3) is 0 Å². The number of nitrogens with one attached hydrogen (secondary N) is 2. The number of amides is 2. The lowest BCUT2D eigenvalue weighted by molar-refractivity contribution is -0.163. The molecule has 3 aliphatic rings. The molecular formula is C33H46N4O5S. The van der Waals surface area contributed by atoms with Gasteiger partial charge in [0.25, 0.3) is 10.0 Å². The van der Waals surface area contributed by atoms with Gasteiger partial charge in [-0.2, -0.15) is 0 Å². The molecule has 3 fully saturated rings. The molecule has 43 heavy (non-hydrogen) atoms. The lowest BCUT2D eigenvalue weighted by Gasteiger charge is -2.52. The summed E-state index contributed by atoms with van der Waals surface area (Å²) >= 11 is 0. The fraction of sp³-hybridized carbons (Fsp3) is 0.576. The van der Waals surface area contributed by atoms with E-state index in [4.69, 9.17) is 0 Å². The first-order chi connectivity index (χ1) is 20.5. The number of hydrogen-bond donors (Lipinski definition) is 3. The van der Waals surface area contributed by atoms with E-state index in [0.29, 0.717) is 64.0 Å². The van der Waals surface area contributed by atoms with Gasteiger partial charge in [0.2, 0.25) is 11.8 Å². The van der Waals surface area contributed by atoms with Crippen molar-refractivity contribution in [2.45, 2.75) is 107 Å². The lowest BCUT2D eigenvalue weighted by atomic mass is 9.77. The summed E-state index contributed by atoms with van der Waals surface area (Å²) in [5, 5.41) is 14.2. The molecule has 2 saturated heterocycles. The molecule has 5 rings (SSSR count). The average Bonchev–Trinajstić information content (AvgIpc) is 2.98. The van der Waals surface area contributed by atoms with Gasteiger partial charge in [0.15, 0.2) is 0 Å². The Labute approximate surface area is 256 Å². The number of hydrogen-bond acceptors (Lipinski definition) is 6. The Morgan fingerprint density at radius 1 is 0.953 bits per heavy atom. The topological polar surface area (TPSA) is 119 Å². The number of aryl methyl sites for hydroxylation is 1. The van der Waals surface area contributed by atoms with Crippen molar-refractivity contribution >= 4 is 27.5 Å². The number of likely N-dealkylation sites (tertiary alicyclic amines) is 1. The fourth-order valence-corrected chi connectivity index (χ4v) is 7.95. The number of aliphatic hydroxyl groups is 1. The van der Waals surface area contributed by atoms with Crippen molar-refractivity contribution in [3.8, 4) is 0 Å². The fourth-order valence-electron chi connectivity index (χ4n) is 6.89. The smallest absolute Gasteiger partial charge is 0.261 e. The number of anilines is 1. The summed E-state index contributed by atoms with van der Waals surface area (Å²) < 4.78 is 28.1. The monoisotopic (exact) mass is 610 g/mol. The van der Waals surface area contributed by atoms with Crippen LogP contribution in [-0.2, 0) is 26.2 Å². The number of carbonyl (C=O) groups is 2. The number of piperazine rings is 1. The first-order valence-corrected chi connectivity index (χ1v) is 17.3. The van der Waals surface area contributed by atoms with E-state index in [9.17, 15) is 23.1 Å². The third kappa shape index (κ3) is 7.07. The van der Waals surface area contributed by atoms with Crippen LogP contribution in [0.4, 0.5) is 5.69 Å². The van der Waals surface area contributed by atoms with Gasteiger partial charge in [-0.3, -0.25) is 19.2 Å². The van der Waals surface area contributed by atoms with Crippen LogP contribution in [0, 0.1) is 6.92 Å². The highest BCUT2D eigenvalue weighted by molar-refractivity contribution is 7.92. The molecule has 0 unspecified atom stereocenters. The van der Waals surface area contributed by atoms with Gasteiger partial charge >= 0.3 is 0 Å². The molecule has 2 aromatic carbocycles. The number of sulfonamides is 1.